The molecule has 3 saturated heterocycles. The fourth-order valence-electron chi connectivity index (χ4n) is 6.60. The highest BCUT2D eigenvalue weighted by atomic mass is 16.6. The Hall–Kier alpha value is -3.69. The van der Waals surface area contributed by atoms with E-state index in [0.29, 0.717) is 29.8 Å². The summed E-state index contributed by atoms with van der Waals surface area (Å²) in [5, 5.41) is 10.6. The predicted molar refractivity (Wildman–Crippen MR) is 143 cm³/mol. The number of carbonyl (C=O) groups is 3. The van der Waals surface area contributed by atoms with Gasteiger partial charge in [0, 0.05) is 12.2 Å². The van der Waals surface area contributed by atoms with Crippen LogP contribution < -0.4 is 9.64 Å². The number of benzene rings is 2. The lowest BCUT2D eigenvalue weighted by Crippen LogP contribution is -2.57. The maximum atomic E-state index is 14.6. The average Bonchev–Trinajstić information content (AvgIpc) is 3.60. The molecule has 3 fully saturated rings. The predicted octanol–water partition coefficient (Wildman–Crippen LogP) is 2.89. The third-order valence-electron chi connectivity index (χ3n) is 8.19. The molecule has 9 nitrogen and oxygen atoms in total. The van der Waals surface area contributed by atoms with E-state index in [1.165, 1.54) is 4.90 Å². The van der Waals surface area contributed by atoms with Crippen LogP contribution in [0.4, 0.5) is 5.69 Å². The zero-order valence-corrected chi connectivity index (χ0v) is 22.2. The number of rotatable bonds is 10. The maximum absolute atomic E-state index is 14.6. The molecule has 0 unspecified atom stereocenters. The molecule has 0 saturated carbocycles. The minimum Gasteiger partial charge on any atom is -0.497 e. The number of methoxy groups -OCH3 is 1. The number of esters is 1. The fraction of sp³-hybridized carbons (Fsp3) is 0.433. The molecule has 3 aliphatic heterocycles. The Kier molecular flexibility index (Phi) is 7.46. The van der Waals surface area contributed by atoms with Gasteiger partial charge in [0.05, 0.1) is 44.3 Å². The second kappa shape index (κ2) is 10.8. The molecule has 0 aliphatic carbocycles. The van der Waals surface area contributed by atoms with E-state index in [4.69, 9.17) is 14.2 Å². The fourth-order valence-corrected chi connectivity index (χ4v) is 6.60. The van der Waals surface area contributed by atoms with Gasteiger partial charge in [0.2, 0.25) is 5.91 Å². The Morgan fingerprint density at radius 1 is 1.23 bits per heavy atom. The standard InChI is InChI=1S/C30H34N2O7/c1-4-17-31(20-11-13-21(37-3)14-12-20)28(35)26-30-16-15-23(39-30)24(29(36)38-5-2)25(30)27(34)32(26)22(18-33)19-9-7-6-8-10-19/h4,6-14,22-26,33H,1,5,15-18H2,2-3H3/t22-,23-,24+,25+,26-,30+/m1/s1. The molecule has 2 bridgehead atoms. The van der Waals surface area contributed by atoms with E-state index in [0.717, 1.165) is 0 Å². The summed E-state index contributed by atoms with van der Waals surface area (Å²) in [6, 6.07) is 14.3. The molecule has 206 valence electrons. The molecule has 2 aromatic rings. The van der Waals surface area contributed by atoms with Gasteiger partial charge < -0.3 is 29.1 Å². The number of hydrogen-bond acceptors (Lipinski definition) is 7. The first-order valence-corrected chi connectivity index (χ1v) is 13.3. The van der Waals surface area contributed by atoms with Crippen molar-refractivity contribution in [3.8, 4) is 5.75 Å². The average molecular weight is 535 g/mol. The Morgan fingerprint density at radius 2 is 1.95 bits per heavy atom. The van der Waals surface area contributed by atoms with Crippen molar-refractivity contribution in [3.63, 3.8) is 0 Å². The Bertz CT molecular complexity index is 1230. The smallest absolute Gasteiger partial charge is 0.312 e. The minimum atomic E-state index is -1.22. The summed E-state index contributed by atoms with van der Waals surface area (Å²) in [6.07, 6.45) is 2.08. The molecule has 1 spiro atoms. The molecule has 3 heterocycles. The first-order valence-electron chi connectivity index (χ1n) is 13.3. The van der Waals surface area contributed by atoms with Crippen LogP contribution in [0, 0.1) is 11.8 Å². The van der Waals surface area contributed by atoms with E-state index in [9.17, 15) is 19.5 Å². The van der Waals surface area contributed by atoms with Gasteiger partial charge in [0.25, 0.3) is 5.91 Å². The molecular formula is C30H34N2O7. The summed E-state index contributed by atoms with van der Waals surface area (Å²) in [6.45, 7) is 5.51. The Balaban J connectivity index is 1.63. The summed E-state index contributed by atoms with van der Waals surface area (Å²) in [4.78, 5) is 45.0. The van der Waals surface area contributed by atoms with Crippen molar-refractivity contribution in [1.82, 2.24) is 4.90 Å². The first kappa shape index (κ1) is 26.9. The zero-order chi connectivity index (χ0) is 27.7. The monoisotopic (exact) mass is 534 g/mol. The van der Waals surface area contributed by atoms with E-state index < -0.39 is 48.2 Å². The molecule has 9 heteroatoms. The highest BCUT2D eigenvalue weighted by Crippen LogP contribution is 2.60. The van der Waals surface area contributed by atoms with Gasteiger partial charge in [-0.3, -0.25) is 14.4 Å². The second-order valence-corrected chi connectivity index (χ2v) is 10.1. The van der Waals surface area contributed by atoms with E-state index in [1.54, 1.807) is 49.3 Å². The number of hydrogen-bond donors (Lipinski definition) is 1. The van der Waals surface area contributed by atoms with E-state index in [2.05, 4.69) is 6.58 Å². The molecule has 1 N–H and O–H groups in total. The van der Waals surface area contributed by atoms with Gasteiger partial charge in [-0.25, -0.2) is 0 Å². The Morgan fingerprint density at radius 3 is 2.56 bits per heavy atom. The number of amides is 2. The number of anilines is 1. The lowest BCUT2D eigenvalue weighted by atomic mass is 9.70. The van der Waals surface area contributed by atoms with E-state index >= 15 is 0 Å². The van der Waals surface area contributed by atoms with Gasteiger partial charge in [0.15, 0.2) is 0 Å². The number of nitrogens with zero attached hydrogens (tertiary/aromatic N) is 2. The molecule has 2 aromatic carbocycles. The molecule has 0 aromatic heterocycles. The van der Waals surface area contributed by atoms with Crippen LogP contribution in [0.2, 0.25) is 0 Å². The van der Waals surface area contributed by atoms with Crippen molar-refractivity contribution in [3.05, 3.63) is 72.8 Å². The molecule has 39 heavy (non-hydrogen) atoms. The van der Waals surface area contributed by atoms with Gasteiger partial charge in [0.1, 0.15) is 17.4 Å². The summed E-state index contributed by atoms with van der Waals surface area (Å²) in [7, 11) is 1.56. The van der Waals surface area contributed by atoms with Crippen molar-refractivity contribution >= 4 is 23.5 Å². The van der Waals surface area contributed by atoms with Gasteiger partial charge in [-0.15, -0.1) is 6.58 Å². The third kappa shape index (κ3) is 4.30. The SMILES string of the molecule is C=CCN(C(=O)[C@H]1N([C@H](CO)c2ccccc2)C(=O)[C@@H]2[C@@H](C(=O)OCC)[C@H]3CC[C@]21O3)c1ccc(OC)cc1. The maximum Gasteiger partial charge on any atom is 0.312 e. The zero-order valence-electron chi connectivity index (χ0n) is 22.2. The lowest BCUT2D eigenvalue weighted by molar-refractivity contribution is -0.155. The van der Waals surface area contributed by atoms with Crippen LogP contribution in [0.1, 0.15) is 31.4 Å². The van der Waals surface area contributed by atoms with Crippen molar-refractivity contribution < 1.29 is 33.7 Å². The molecule has 3 aliphatic rings. The minimum absolute atomic E-state index is 0.176. The Labute approximate surface area is 227 Å². The van der Waals surface area contributed by atoms with Crippen molar-refractivity contribution in [2.45, 2.75) is 43.6 Å². The summed E-state index contributed by atoms with van der Waals surface area (Å²) >= 11 is 0. The van der Waals surface area contributed by atoms with Crippen LogP contribution >= 0.6 is 0 Å². The summed E-state index contributed by atoms with van der Waals surface area (Å²) in [5.41, 5.74) is 0.0665. The molecular weight excluding hydrogens is 500 g/mol. The van der Waals surface area contributed by atoms with Crippen LogP contribution in [0.5, 0.6) is 5.75 Å². The van der Waals surface area contributed by atoms with Crippen molar-refractivity contribution in [2.75, 3.05) is 31.8 Å². The highest BCUT2D eigenvalue weighted by molar-refractivity contribution is 6.05. The third-order valence-corrected chi connectivity index (χ3v) is 8.19. The highest BCUT2D eigenvalue weighted by Gasteiger charge is 2.75. The number of ether oxygens (including phenoxy) is 3. The topological polar surface area (TPSA) is 106 Å². The molecule has 6 atom stereocenters. The molecule has 2 amide bonds. The lowest BCUT2D eigenvalue weighted by Gasteiger charge is -2.39. The van der Waals surface area contributed by atoms with Gasteiger partial charge in [-0.2, -0.15) is 0 Å². The normalized spacial score (nSPS) is 27.7. The van der Waals surface area contributed by atoms with Gasteiger partial charge in [-0.1, -0.05) is 36.4 Å². The largest absolute Gasteiger partial charge is 0.497 e. The van der Waals surface area contributed by atoms with Crippen molar-refractivity contribution in [1.29, 1.82) is 0 Å². The number of likely N-dealkylation sites (tertiary alicyclic amines) is 1. The van der Waals surface area contributed by atoms with E-state index in [-0.39, 0.29) is 25.0 Å². The number of carbonyl (C=O) groups excluding carboxylic acids is 3. The second-order valence-electron chi connectivity index (χ2n) is 10.1. The molecule has 0 radical (unpaired) electrons. The number of fused-ring (bicyclic) bond motifs is 1. The van der Waals surface area contributed by atoms with Crippen LogP contribution in [0.25, 0.3) is 0 Å². The van der Waals surface area contributed by atoms with Crippen molar-refractivity contribution in [2.24, 2.45) is 11.8 Å². The van der Waals surface area contributed by atoms with Gasteiger partial charge >= 0.3 is 5.97 Å². The van der Waals surface area contributed by atoms with Crippen LogP contribution in [0.3, 0.4) is 0 Å². The number of aliphatic hydroxyl groups is 1. The quantitative estimate of drug-likeness (QED) is 0.369. The van der Waals surface area contributed by atoms with Crippen LogP contribution in [-0.2, 0) is 23.9 Å². The summed E-state index contributed by atoms with van der Waals surface area (Å²) < 4.78 is 17.1. The number of aliphatic hydroxyl groups excluding tert-OH is 1. The first-order chi connectivity index (χ1) is 18.9. The van der Waals surface area contributed by atoms with Gasteiger partial charge in [-0.05, 0) is 49.6 Å². The van der Waals surface area contributed by atoms with Crippen LogP contribution in [-0.4, -0.2) is 72.4 Å². The van der Waals surface area contributed by atoms with E-state index in [1.807, 2.05) is 30.3 Å². The van der Waals surface area contributed by atoms with Crippen LogP contribution in [0.15, 0.2) is 67.3 Å². The summed E-state index contributed by atoms with van der Waals surface area (Å²) in [5.74, 6) is -2.30. The molecule has 5 rings (SSSR count).